The van der Waals surface area contributed by atoms with Crippen LogP contribution >= 0.6 is 0 Å². The van der Waals surface area contributed by atoms with E-state index in [1.807, 2.05) is 13.8 Å². The molecule has 0 heterocycles. The molecule has 100 valence electrons. The Morgan fingerprint density at radius 3 is 2.44 bits per heavy atom. The summed E-state index contributed by atoms with van der Waals surface area (Å²) in [6.45, 7) is 6.15. The average Bonchev–Trinajstić information content (AvgIpc) is 2.35. The molecule has 2 N–H and O–H groups in total. The molecule has 18 heavy (non-hydrogen) atoms. The van der Waals surface area contributed by atoms with Gasteiger partial charge < -0.3 is 10.5 Å². The molecular weight excluding hydrogens is 232 g/mol. The fraction of sp³-hybridized carbons (Fsp3) is 0.538. The zero-order valence-electron chi connectivity index (χ0n) is 11.1. The molecule has 0 atom stereocenters. The van der Waals surface area contributed by atoms with Crippen molar-refractivity contribution < 1.29 is 9.66 Å². The van der Waals surface area contributed by atoms with E-state index < -0.39 is 4.92 Å². The molecule has 1 aromatic rings. The summed E-state index contributed by atoms with van der Waals surface area (Å²) in [4.78, 5) is 10.3. The monoisotopic (exact) mass is 252 g/mol. The van der Waals surface area contributed by atoms with E-state index in [4.69, 9.17) is 10.5 Å². The van der Waals surface area contributed by atoms with Crippen molar-refractivity contribution in [2.24, 2.45) is 5.73 Å². The number of nitrogens with zero attached hydrogens (tertiary/aromatic N) is 1. The molecule has 0 saturated carbocycles. The normalized spacial score (nSPS) is 11.3. The van der Waals surface area contributed by atoms with E-state index >= 15 is 0 Å². The minimum atomic E-state index is -0.398. The largest absolute Gasteiger partial charge is 0.492 e. The van der Waals surface area contributed by atoms with E-state index in [2.05, 4.69) is 0 Å². The Morgan fingerprint density at radius 2 is 2.00 bits per heavy atom. The van der Waals surface area contributed by atoms with Crippen LogP contribution in [0.3, 0.4) is 0 Å². The minimum absolute atomic E-state index is 0.104. The van der Waals surface area contributed by atoms with E-state index in [0.29, 0.717) is 17.9 Å². The van der Waals surface area contributed by atoms with Crippen molar-refractivity contribution in [2.45, 2.75) is 39.2 Å². The molecule has 5 nitrogen and oxygen atoms in total. The van der Waals surface area contributed by atoms with Crippen LogP contribution in [0, 0.1) is 17.0 Å². The fourth-order valence-corrected chi connectivity index (χ4v) is 1.60. The van der Waals surface area contributed by atoms with Crippen molar-refractivity contribution in [1.82, 2.24) is 0 Å². The molecule has 0 radical (unpaired) electrons. The van der Waals surface area contributed by atoms with Gasteiger partial charge in [0.15, 0.2) is 0 Å². The molecule has 1 rings (SSSR count). The molecule has 0 unspecified atom stereocenters. The van der Waals surface area contributed by atoms with Gasteiger partial charge in [0.05, 0.1) is 4.92 Å². The van der Waals surface area contributed by atoms with Gasteiger partial charge in [-0.2, -0.15) is 0 Å². The van der Waals surface area contributed by atoms with Gasteiger partial charge in [-0.1, -0.05) is 13.8 Å². The summed E-state index contributed by atoms with van der Waals surface area (Å²) < 4.78 is 5.62. The Bertz CT molecular complexity index is 428. The smallest absolute Gasteiger partial charge is 0.272 e. The quantitative estimate of drug-likeness (QED) is 0.623. The number of hydrogen-bond donors (Lipinski definition) is 1. The lowest BCUT2D eigenvalue weighted by Crippen LogP contribution is -2.44. The Balaban J connectivity index is 2.75. The highest BCUT2D eigenvalue weighted by atomic mass is 16.6. The van der Waals surface area contributed by atoms with Gasteiger partial charge in [0.2, 0.25) is 0 Å². The molecule has 0 aliphatic carbocycles. The zero-order valence-corrected chi connectivity index (χ0v) is 11.1. The standard InChI is InChI=1S/C13H20N2O3/c1-4-13(14,5-2)9-18-11-6-7-12(15(16)17)10(3)8-11/h6-8H,4-5,9,14H2,1-3H3. The number of nitrogens with two attached hydrogens (primary N) is 1. The van der Waals surface area contributed by atoms with Gasteiger partial charge in [-0.05, 0) is 31.9 Å². The van der Waals surface area contributed by atoms with Gasteiger partial charge in [0.1, 0.15) is 12.4 Å². The van der Waals surface area contributed by atoms with Crippen molar-refractivity contribution in [1.29, 1.82) is 0 Å². The number of ether oxygens (including phenoxy) is 1. The van der Waals surface area contributed by atoms with Gasteiger partial charge in [0.25, 0.3) is 5.69 Å². The second-order valence-electron chi connectivity index (χ2n) is 4.56. The fourth-order valence-electron chi connectivity index (χ4n) is 1.60. The Morgan fingerprint density at radius 1 is 1.39 bits per heavy atom. The third-order valence-corrected chi connectivity index (χ3v) is 3.30. The molecule has 0 aliphatic heterocycles. The maximum atomic E-state index is 10.7. The Kier molecular flexibility index (Phi) is 4.67. The van der Waals surface area contributed by atoms with Crippen LogP contribution in [0.1, 0.15) is 32.3 Å². The molecular formula is C13H20N2O3. The second-order valence-corrected chi connectivity index (χ2v) is 4.56. The lowest BCUT2D eigenvalue weighted by Gasteiger charge is -2.26. The van der Waals surface area contributed by atoms with Crippen LogP contribution in [0.2, 0.25) is 0 Å². The van der Waals surface area contributed by atoms with Crippen molar-refractivity contribution >= 4 is 5.69 Å². The maximum Gasteiger partial charge on any atom is 0.272 e. The van der Waals surface area contributed by atoms with Gasteiger partial charge in [-0.25, -0.2) is 0 Å². The third kappa shape index (κ3) is 3.43. The predicted octanol–water partition coefficient (Wildman–Crippen LogP) is 2.80. The summed E-state index contributed by atoms with van der Waals surface area (Å²) in [6.07, 6.45) is 1.66. The van der Waals surface area contributed by atoms with E-state index in [9.17, 15) is 10.1 Å². The van der Waals surface area contributed by atoms with Crippen LogP contribution in [0.15, 0.2) is 18.2 Å². The summed E-state index contributed by atoms with van der Waals surface area (Å²) in [7, 11) is 0. The second kappa shape index (κ2) is 5.82. The highest BCUT2D eigenvalue weighted by Crippen LogP contribution is 2.24. The van der Waals surface area contributed by atoms with E-state index in [1.54, 1.807) is 19.1 Å². The molecule has 0 fully saturated rings. The van der Waals surface area contributed by atoms with Crippen molar-refractivity contribution in [2.75, 3.05) is 6.61 Å². The van der Waals surface area contributed by atoms with Gasteiger partial charge >= 0.3 is 0 Å². The third-order valence-electron chi connectivity index (χ3n) is 3.30. The van der Waals surface area contributed by atoms with E-state index in [1.165, 1.54) is 6.07 Å². The van der Waals surface area contributed by atoms with Crippen LogP contribution in [0.4, 0.5) is 5.69 Å². The number of aryl methyl sites for hydroxylation is 1. The maximum absolute atomic E-state index is 10.7. The van der Waals surface area contributed by atoms with E-state index in [0.717, 1.165) is 12.8 Å². The molecule has 0 amide bonds. The average molecular weight is 252 g/mol. The first-order chi connectivity index (χ1) is 8.41. The van der Waals surface area contributed by atoms with Crippen molar-refractivity contribution in [3.05, 3.63) is 33.9 Å². The Labute approximate surface area is 107 Å². The van der Waals surface area contributed by atoms with Crippen molar-refractivity contribution in [3.8, 4) is 5.75 Å². The zero-order chi connectivity index (χ0) is 13.8. The number of nitro benzene ring substituents is 1. The van der Waals surface area contributed by atoms with Gasteiger partial charge in [-0.15, -0.1) is 0 Å². The van der Waals surface area contributed by atoms with Crippen LogP contribution < -0.4 is 10.5 Å². The number of rotatable bonds is 6. The van der Waals surface area contributed by atoms with E-state index in [-0.39, 0.29) is 11.2 Å². The van der Waals surface area contributed by atoms with Gasteiger partial charge in [-0.3, -0.25) is 10.1 Å². The molecule has 1 aromatic carbocycles. The topological polar surface area (TPSA) is 78.4 Å². The highest BCUT2D eigenvalue weighted by molar-refractivity contribution is 5.44. The number of hydrogen-bond acceptors (Lipinski definition) is 4. The molecule has 0 aliphatic rings. The van der Waals surface area contributed by atoms with Crippen LogP contribution in [-0.2, 0) is 0 Å². The van der Waals surface area contributed by atoms with Crippen LogP contribution in [0.25, 0.3) is 0 Å². The van der Waals surface area contributed by atoms with Crippen LogP contribution in [-0.4, -0.2) is 17.1 Å². The summed E-state index contributed by atoms with van der Waals surface area (Å²) in [5, 5.41) is 10.7. The molecule has 0 saturated heterocycles. The molecule has 0 spiro atoms. The molecule has 0 bridgehead atoms. The highest BCUT2D eigenvalue weighted by Gasteiger charge is 2.21. The predicted molar refractivity (Wildman–Crippen MR) is 70.8 cm³/mol. The number of nitro groups is 1. The first-order valence-electron chi connectivity index (χ1n) is 6.08. The van der Waals surface area contributed by atoms with Crippen molar-refractivity contribution in [3.63, 3.8) is 0 Å². The Hall–Kier alpha value is -1.62. The molecule has 5 heteroatoms. The SMILES string of the molecule is CCC(N)(CC)COc1ccc([N+](=O)[O-])c(C)c1. The molecule has 0 aromatic heterocycles. The summed E-state index contributed by atoms with van der Waals surface area (Å²) in [6, 6.07) is 4.74. The lowest BCUT2D eigenvalue weighted by atomic mass is 9.96. The summed E-state index contributed by atoms with van der Waals surface area (Å²) in [5.41, 5.74) is 6.48. The first-order valence-corrected chi connectivity index (χ1v) is 6.08. The summed E-state index contributed by atoms with van der Waals surface area (Å²) >= 11 is 0. The van der Waals surface area contributed by atoms with Crippen LogP contribution in [0.5, 0.6) is 5.75 Å². The minimum Gasteiger partial charge on any atom is -0.492 e. The first kappa shape index (κ1) is 14.4. The lowest BCUT2D eigenvalue weighted by molar-refractivity contribution is -0.385. The number of benzene rings is 1. The summed E-state index contributed by atoms with van der Waals surface area (Å²) in [5.74, 6) is 0.620. The van der Waals surface area contributed by atoms with Gasteiger partial charge in [0, 0.05) is 17.2 Å².